The second-order valence-electron chi connectivity index (χ2n) is 8.45. The van der Waals surface area contributed by atoms with E-state index in [-0.39, 0.29) is 5.78 Å². The summed E-state index contributed by atoms with van der Waals surface area (Å²) in [6.07, 6.45) is 11.3. The van der Waals surface area contributed by atoms with Crippen LogP contribution in [0.3, 0.4) is 0 Å². The summed E-state index contributed by atoms with van der Waals surface area (Å²) in [4.78, 5) is 28.7. The van der Waals surface area contributed by atoms with Gasteiger partial charge in [0.1, 0.15) is 5.82 Å². The number of aryl methyl sites for hydroxylation is 1. The molecule has 5 rings (SSSR count). The van der Waals surface area contributed by atoms with Gasteiger partial charge < -0.3 is 4.57 Å². The number of carbonyl (C=O) groups is 1. The van der Waals surface area contributed by atoms with E-state index in [1.54, 1.807) is 0 Å². The molecule has 0 N–H and O–H groups in total. The van der Waals surface area contributed by atoms with Crippen LogP contribution in [0.25, 0.3) is 22.3 Å². The van der Waals surface area contributed by atoms with Gasteiger partial charge in [-0.2, -0.15) is 0 Å². The number of fused-ring (bicyclic) bond motifs is 2. The molecule has 0 aromatic carbocycles. The van der Waals surface area contributed by atoms with Crippen LogP contribution >= 0.6 is 0 Å². The van der Waals surface area contributed by atoms with Gasteiger partial charge in [0, 0.05) is 36.3 Å². The fraction of sp³-hybridized carbons (Fsp3) is 0.478. The number of hydrogen-bond donors (Lipinski definition) is 0. The molecule has 0 unspecified atom stereocenters. The maximum atomic E-state index is 12.5. The van der Waals surface area contributed by atoms with Crippen LogP contribution in [0.5, 0.6) is 0 Å². The fourth-order valence-electron chi connectivity index (χ4n) is 4.41. The molecule has 1 aliphatic heterocycles. The predicted molar refractivity (Wildman–Crippen MR) is 113 cm³/mol. The standard InChI is InChI=1S/C23H27N5O/c1-27(18-5-4-6-18)15-19(29)11-17-12-21-16(13-24-17)8-9-20(26-21)22-14-25-23-7-2-3-10-28(22)23/h8-9,12-14,18H,2-7,10-11,15H2,1H3. The Hall–Kier alpha value is -2.60. The third-order valence-electron chi connectivity index (χ3n) is 6.37. The summed E-state index contributed by atoms with van der Waals surface area (Å²) in [5.41, 5.74) is 3.70. The van der Waals surface area contributed by atoms with E-state index in [2.05, 4.69) is 32.5 Å². The van der Waals surface area contributed by atoms with E-state index >= 15 is 0 Å². The first-order valence-electron chi connectivity index (χ1n) is 10.7. The number of ketones is 1. The third kappa shape index (κ3) is 3.69. The molecule has 3 aromatic rings. The van der Waals surface area contributed by atoms with Crippen molar-refractivity contribution >= 4 is 16.7 Å². The fourth-order valence-corrected chi connectivity index (χ4v) is 4.41. The van der Waals surface area contributed by atoms with Crippen LogP contribution in [-0.2, 0) is 24.2 Å². The van der Waals surface area contributed by atoms with E-state index in [1.165, 1.54) is 32.1 Å². The van der Waals surface area contributed by atoms with Crippen molar-refractivity contribution in [3.05, 3.63) is 42.1 Å². The Balaban J connectivity index is 1.36. The Morgan fingerprint density at radius 2 is 2.07 bits per heavy atom. The first kappa shape index (κ1) is 18.4. The molecule has 1 fully saturated rings. The highest BCUT2D eigenvalue weighted by atomic mass is 16.1. The van der Waals surface area contributed by atoms with Crippen molar-refractivity contribution in [3.63, 3.8) is 0 Å². The van der Waals surface area contributed by atoms with E-state index in [0.717, 1.165) is 46.8 Å². The summed E-state index contributed by atoms with van der Waals surface area (Å²) >= 11 is 0. The lowest BCUT2D eigenvalue weighted by Crippen LogP contribution is -2.40. The van der Waals surface area contributed by atoms with Gasteiger partial charge in [0.25, 0.3) is 0 Å². The number of imidazole rings is 1. The summed E-state index contributed by atoms with van der Waals surface area (Å²) in [7, 11) is 2.05. The van der Waals surface area contributed by atoms with Crippen LogP contribution in [0, 0.1) is 0 Å². The molecule has 150 valence electrons. The summed E-state index contributed by atoms with van der Waals surface area (Å²) in [5, 5.41) is 0.995. The molecule has 0 bridgehead atoms. The maximum Gasteiger partial charge on any atom is 0.152 e. The molecule has 0 amide bonds. The van der Waals surface area contributed by atoms with E-state index < -0.39 is 0 Å². The zero-order valence-electron chi connectivity index (χ0n) is 17.0. The Labute approximate surface area is 171 Å². The van der Waals surface area contributed by atoms with Crippen molar-refractivity contribution in [1.82, 2.24) is 24.4 Å². The number of carbonyl (C=O) groups excluding carboxylic acids is 1. The van der Waals surface area contributed by atoms with Crippen molar-refractivity contribution in [2.75, 3.05) is 13.6 Å². The van der Waals surface area contributed by atoms with Crippen molar-refractivity contribution in [2.45, 2.75) is 57.5 Å². The minimum atomic E-state index is 0.215. The SMILES string of the molecule is CN(CC(=O)Cc1cc2nc(-c3cnc4n3CCCC4)ccc2cn1)C1CCC1. The molecule has 0 radical (unpaired) electrons. The molecule has 1 saturated carbocycles. The van der Waals surface area contributed by atoms with Crippen LogP contribution in [0.2, 0.25) is 0 Å². The molecular formula is C23H27N5O. The van der Waals surface area contributed by atoms with Gasteiger partial charge in [-0.1, -0.05) is 6.42 Å². The smallest absolute Gasteiger partial charge is 0.152 e. The van der Waals surface area contributed by atoms with Gasteiger partial charge in [-0.05, 0) is 50.9 Å². The summed E-state index contributed by atoms with van der Waals surface area (Å²) < 4.78 is 2.29. The highest BCUT2D eigenvalue weighted by molar-refractivity contribution is 5.85. The number of likely N-dealkylation sites (N-methyl/N-ethyl adjacent to an activating group) is 1. The molecule has 6 nitrogen and oxygen atoms in total. The minimum Gasteiger partial charge on any atom is -0.327 e. The average Bonchev–Trinajstić information content (AvgIpc) is 3.10. The Bertz CT molecular complexity index is 1050. The number of aromatic nitrogens is 4. The molecule has 2 aliphatic rings. The van der Waals surface area contributed by atoms with Crippen molar-refractivity contribution in [3.8, 4) is 11.4 Å². The lowest BCUT2D eigenvalue weighted by molar-refractivity contribution is -0.120. The Morgan fingerprint density at radius 1 is 1.17 bits per heavy atom. The molecule has 4 heterocycles. The van der Waals surface area contributed by atoms with Gasteiger partial charge in [0.05, 0.1) is 36.1 Å². The number of nitrogens with zero attached hydrogens (tertiary/aromatic N) is 5. The van der Waals surface area contributed by atoms with Gasteiger partial charge in [0.15, 0.2) is 5.78 Å². The highest BCUT2D eigenvalue weighted by Gasteiger charge is 2.23. The van der Waals surface area contributed by atoms with Crippen LogP contribution < -0.4 is 0 Å². The number of pyridine rings is 2. The van der Waals surface area contributed by atoms with Crippen molar-refractivity contribution in [2.24, 2.45) is 0 Å². The molecule has 1 aliphatic carbocycles. The largest absolute Gasteiger partial charge is 0.327 e. The number of rotatable bonds is 6. The first-order valence-corrected chi connectivity index (χ1v) is 10.7. The van der Waals surface area contributed by atoms with E-state index in [4.69, 9.17) is 4.98 Å². The summed E-state index contributed by atoms with van der Waals surface area (Å²) in [5.74, 6) is 1.37. The third-order valence-corrected chi connectivity index (χ3v) is 6.37. The second-order valence-corrected chi connectivity index (χ2v) is 8.45. The Kier molecular flexibility index (Phi) is 4.87. The minimum absolute atomic E-state index is 0.215. The van der Waals surface area contributed by atoms with Gasteiger partial charge in [-0.25, -0.2) is 9.97 Å². The molecule has 0 spiro atoms. The van der Waals surface area contributed by atoms with Crippen LogP contribution in [-0.4, -0.2) is 49.8 Å². The summed E-state index contributed by atoms with van der Waals surface area (Å²) in [6, 6.07) is 6.65. The van der Waals surface area contributed by atoms with E-state index in [9.17, 15) is 4.79 Å². The zero-order valence-corrected chi connectivity index (χ0v) is 17.0. The molecule has 0 saturated heterocycles. The molecule has 29 heavy (non-hydrogen) atoms. The number of Topliss-reactive ketones (excluding diaryl/α,β-unsaturated/α-hetero) is 1. The lowest BCUT2D eigenvalue weighted by atomic mass is 9.91. The van der Waals surface area contributed by atoms with Crippen LogP contribution in [0.15, 0.2) is 30.6 Å². The van der Waals surface area contributed by atoms with E-state index in [1.807, 2.05) is 24.5 Å². The van der Waals surface area contributed by atoms with Gasteiger partial charge in [-0.3, -0.25) is 14.7 Å². The molecule has 6 heteroatoms. The van der Waals surface area contributed by atoms with Crippen LogP contribution in [0.4, 0.5) is 0 Å². The maximum absolute atomic E-state index is 12.5. The van der Waals surface area contributed by atoms with Crippen molar-refractivity contribution < 1.29 is 4.79 Å². The molecule has 0 atom stereocenters. The first-order chi connectivity index (χ1) is 14.2. The van der Waals surface area contributed by atoms with Gasteiger partial charge in [-0.15, -0.1) is 0 Å². The molecular weight excluding hydrogens is 362 g/mol. The normalized spacial score (nSPS) is 16.8. The highest BCUT2D eigenvalue weighted by Crippen LogP contribution is 2.26. The monoisotopic (exact) mass is 389 g/mol. The lowest BCUT2D eigenvalue weighted by Gasteiger charge is -2.34. The zero-order chi connectivity index (χ0) is 19.8. The van der Waals surface area contributed by atoms with Gasteiger partial charge >= 0.3 is 0 Å². The quantitative estimate of drug-likeness (QED) is 0.646. The predicted octanol–water partition coefficient (Wildman–Crippen LogP) is 3.43. The topological polar surface area (TPSA) is 63.9 Å². The van der Waals surface area contributed by atoms with Gasteiger partial charge in [0.2, 0.25) is 0 Å². The second kappa shape index (κ2) is 7.67. The summed E-state index contributed by atoms with van der Waals surface area (Å²) in [6.45, 7) is 1.51. The van der Waals surface area contributed by atoms with Crippen LogP contribution in [0.1, 0.15) is 43.6 Å². The average molecular weight is 390 g/mol. The number of hydrogen-bond acceptors (Lipinski definition) is 5. The van der Waals surface area contributed by atoms with Crippen molar-refractivity contribution in [1.29, 1.82) is 0 Å². The Morgan fingerprint density at radius 3 is 2.90 bits per heavy atom. The van der Waals surface area contributed by atoms with E-state index in [0.29, 0.717) is 19.0 Å². The molecule has 3 aromatic heterocycles.